The van der Waals surface area contributed by atoms with Crippen LogP contribution in [-0.2, 0) is 10.0 Å². The number of nitrogens with one attached hydrogen (secondary N) is 2. The van der Waals surface area contributed by atoms with E-state index in [1.807, 2.05) is 0 Å². The van der Waals surface area contributed by atoms with Gasteiger partial charge in [-0.25, -0.2) is 8.42 Å². The van der Waals surface area contributed by atoms with Crippen LogP contribution in [0.4, 0.5) is 0 Å². The van der Waals surface area contributed by atoms with Crippen LogP contribution >= 0.6 is 11.8 Å². The molecule has 0 radical (unpaired) electrons. The first kappa shape index (κ1) is 17.7. The van der Waals surface area contributed by atoms with Crippen LogP contribution in [0.5, 0.6) is 0 Å². The summed E-state index contributed by atoms with van der Waals surface area (Å²) in [7, 11) is -3.48. The van der Waals surface area contributed by atoms with Gasteiger partial charge in [0.1, 0.15) is 0 Å². The molecule has 2 bridgehead atoms. The van der Waals surface area contributed by atoms with Gasteiger partial charge in [0.2, 0.25) is 10.0 Å². The lowest BCUT2D eigenvalue weighted by molar-refractivity contribution is 0.0956. The molecule has 3 rings (SSSR count). The fourth-order valence-electron chi connectivity index (χ4n) is 3.21. The fraction of sp³-hybridized carbons (Fsp3) is 0.562. The van der Waals surface area contributed by atoms with E-state index in [4.69, 9.17) is 0 Å². The smallest absolute Gasteiger partial charge is 0.251 e. The Bertz CT molecular complexity index is 691. The molecule has 2 atom stereocenters. The van der Waals surface area contributed by atoms with Gasteiger partial charge in [-0.1, -0.05) is 6.92 Å². The molecule has 1 aromatic carbocycles. The lowest BCUT2D eigenvalue weighted by atomic mass is 10.2. The summed E-state index contributed by atoms with van der Waals surface area (Å²) in [5, 5.41) is 6.14. The highest BCUT2D eigenvalue weighted by Crippen LogP contribution is 2.29. The van der Waals surface area contributed by atoms with Gasteiger partial charge in [-0.15, -0.1) is 0 Å². The zero-order valence-electron chi connectivity index (χ0n) is 13.7. The van der Waals surface area contributed by atoms with Gasteiger partial charge in [-0.05, 0) is 36.4 Å². The summed E-state index contributed by atoms with van der Waals surface area (Å²) in [6, 6.07) is 6.56. The van der Waals surface area contributed by atoms with E-state index < -0.39 is 10.0 Å². The molecule has 2 aliphatic heterocycles. The van der Waals surface area contributed by atoms with Crippen LogP contribution in [0.3, 0.4) is 0 Å². The van der Waals surface area contributed by atoms with Gasteiger partial charge in [0, 0.05) is 43.0 Å². The number of sulfonamides is 1. The quantitative estimate of drug-likeness (QED) is 0.699. The van der Waals surface area contributed by atoms with Crippen LogP contribution in [0.2, 0.25) is 0 Å². The highest BCUT2D eigenvalue weighted by Gasteiger charge is 2.44. The topological polar surface area (TPSA) is 78.5 Å². The summed E-state index contributed by atoms with van der Waals surface area (Å²) < 4.78 is 27.1. The molecule has 1 amide bonds. The molecule has 2 aliphatic rings. The molecule has 2 heterocycles. The van der Waals surface area contributed by atoms with Crippen molar-refractivity contribution in [2.24, 2.45) is 0 Å². The number of carbonyl (C=O) groups excluding carboxylic acids is 1. The summed E-state index contributed by atoms with van der Waals surface area (Å²) in [5.41, 5.74) is 0.486. The van der Waals surface area contributed by atoms with Crippen molar-refractivity contribution in [2.45, 2.75) is 30.3 Å². The van der Waals surface area contributed by atoms with Crippen LogP contribution in [0.15, 0.2) is 29.2 Å². The number of thioether (sulfide) groups is 1. The number of hydrogen-bond donors (Lipinski definition) is 2. The zero-order chi connectivity index (χ0) is 17.2. The molecule has 0 aliphatic carbocycles. The van der Waals surface area contributed by atoms with Gasteiger partial charge in [0.05, 0.1) is 4.90 Å². The maximum absolute atomic E-state index is 12.7. The van der Waals surface area contributed by atoms with Gasteiger partial charge in [-0.3, -0.25) is 4.79 Å². The number of benzene rings is 1. The van der Waals surface area contributed by atoms with E-state index in [1.165, 1.54) is 12.1 Å². The van der Waals surface area contributed by atoms with Crippen LogP contribution in [-0.4, -0.2) is 61.9 Å². The van der Waals surface area contributed by atoms with Gasteiger partial charge < -0.3 is 10.6 Å². The van der Waals surface area contributed by atoms with Crippen molar-refractivity contribution in [3.05, 3.63) is 29.8 Å². The number of nitrogens with zero attached hydrogens (tertiary/aromatic N) is 1. The Labute approximate surface area is 147 Å². The predicted octanol–water partition coefficient (Wildman–Crippen LogP) is 0.904. The number of amides is 1. The monoisotopic (exact) mass is 369 g/mol. The number of fused-ring (bicyclic) bond motifs is 2. The maximum atomic E-state index is 12.7. The number of piperazine rings is 1. The minimum Gasteiger partial charge on any atom is -0.351 e. The predicted molar refractivity (Wildman–Crippen MR) is 95.9 cm³/mol. The summed E-state index contributed by atoms with van der Waals surface area (Å²) in [5.74, 6) is 1.73. The van der Waals surface area contributed by atoms with Gasteiger partial charge in [0.25, 0.3) is 5.91 Å². The third-order valence-electron chi connectivity index (χ3n) is 4.47. The van der Waals surface area contributed by atoms with Crippen LogP contribution < -0.4 is 10.6 Å². The van der Waals surface area contributed by atoms with Crippen molar-refractivity contribution in [3.8, 4) is 0 Å². The molecule has 0 unspecified atom stereocenters. The maximum Gasteiger partial charge on any atom is 0.251 e. The normalized spacial score (nSPS) is 23.5. The number of hydrogen-bond acceptors (Lipinski definition) is 5. The highest BCUT2D eigenvalue weighted by atomic mass is 32.2. The molecule has 2 N–H and O–H groups in total. The Morgan fingerprint density at radius 3 is 2.71 bits per heavy atom. The van der Waals surface area contributed by atoms with Crippen molar-refractivity contribution >= 4 is 27.7 Å². The Morgan fingerprint density at radius 2 is 2.12 bits per heavy atom. The Morgan fingerprint density at radius 1 is 1.38 bits per heavy atom. The van der Waals surface area contributed by atoms with Crippen molar-refractivity contribution in [2.75, 3.05) is 31.1 Å². The number of carbonyl (C=O) groups is 1. The third-order valence-corrected chi connectivity index (χ3v) is 7.30. The molecule has 0 saturated carbocycles. The SMILES string of the molecule is CCSCCNC(=O)c1ccc(S(=O)(=O)N2C[C@@H]3C[C@H]2CN3)cc1. The average molecular weight is 370 g/mol. The molecule has 1 aromatic rings. The fourth-order valence-corrected chi connectivity index (χ4v) is 5.43. The number of rotatable bonds is 7. The Kier molecular flexibility index (Phi) is 5.49. The molecular weight excluding hydrogens is 346 g/mol. The van der Waals surface area contributed by atoms with Crippen LogP contribution in [0.25, 0.3) is 0 Å². The Balaban J connectivity index is 1.64. The molecule has 2 fully saturated rings. The van der Waals surface area contributed by atoms with E-state index in [0.717, 1.165) is 24.5 Å². The standard InChI is InChI=1S/C16H23N3O3S2/c1-2-23-8-7-17-16(20)12-3-5-15(6-4-12)24(21,22)19-11-13-9-14(19)10-18-13/h3-6,13-14,18H,2,7-11H2,1H3,(H,17,20)/t13-,14-/m0/s1. The minimum absolute atomic E-state index is 0.0547. The summed E-state index contributed by atoms with van der Waals surface area (Å²) in [6.07, 6.45) is 0.884. The van der Waals surface area contributed by atoms with Crippen molar-refractivity contribution < 1.29 is 13.2 Å². The molecule has 0 aromatic heterocycles. The Hall–Kier alpha value is -1.09. The van der Waals surface area contributed by atoms with Gasteiger partial charge >= 0.3 is 0 Å². The molecule has 132 valence electrons. The van der Waals surface area contributed by atoms with E-state index in [-0.39, 0.29) is 22.9 Å². The zero-order valence-corrected chi connectivity index (χ0v) is 15.3. The van der Waals surface area contributed by atoms with E-state index in [2.05, 4.69) is 17.6 Å². The van der Waals surface area contributed by atoms with Crippen molar-refractivity contribution in [1.82, 2.24) is 14.9 Å². The van der Waals surface area contributed by atoms with E-state index in [1.54, 1.807) is 28.2 Å². The summed E-state index contributed by atoms with van der Waals surface area (Å²) >= 11 is 1.77. The second-order valence-corrected chi connectivity index (χ2v) is 9.33. The first-order chi connectivity index (χ1) is 11.5. The molecule has 6 nitrogen and oxygen atoms in total. The first-order valence-electron chi connectivity index (χ1n) is 8.23. The lowest BCUT2D eigenvalue weighted by Crippen LogP contribution is -2.46. The second kappa shape index (κ2) is 7.43. The molecule has 0 spiro atoms. The van der Waals surface area contributed by atoms with E-state index >= 15 is 0 Å². The molecule has 2 saturated heterocycles. The van der Waals surface area contributed by atoms with E-state index in [9.17, 15) is 13.2 Å². The summed E-state index contributed by atoms with van der Waals surface area (Å²) in [4.78, 5) is 12.3. The van der Waals surface area contributed by atoms with Gasteiger partial charge in [-0.2, -0.15) is 16.1 Å². The first-order valence-corrected chi connectivity index (χ1v) is 10.8. The average Bonchev–Trinajstić information content (AvgIpc) is 3.22. The second-order valence-electron chi connectivity index (χ2n) is 6.05. The van der Waals surface area contributed by atoms with Crippen molar-refractivity contribution in [1.29, 1.82) is 0 Å². The molecule has 24 heavy (non-hydrogen) atoms. The lowest BCUT2D eigenvalue weighted by Gasteiger charge is -2.26. The van der Waals surface area contributed by atoms with Gasteiger partial charge in [0.15, 0.2) is 0 Å². The highest BCUT2D eigenvalue weighted by molar-refractivity contribution is 7.99. The van der Waals surface area contributed by atoms with E-state index in [0.29, 0.717) is 18.7 Å². The van der Waals surface area contributed by atoms with Crippen LogP contribution in [0, 0.1) is 0 Å². The molecule has 8 heteroatoms. The summed E-state index contributed by atoms with van der Waals surface area (Å²) in [6.45, 7) is 3.94. The minimum atomic E-state index is -3.48. The van der Waals surface area contributed by atoms with Crippen molar-refractivity contribution in [3.63, 3.8) is 0 Å². The third kappa shape index (κ3) is 3.61. The molecular formula is C16H23N3O3S2. The largest absolute Gasteiger partial charge is 0.351 e. The van der Waals surface area contributed by atoms with Crippen LogP contribution in [0.1, 0.15) is 23.7 Å².